The van der Waals surface area contributed by atoms with Crippen molar-refractivity contribution >= 4 is 10.8 Å². The molecule has 21 heavy (non-hydrogen) atoms. The molecular weight excluding hydrogens is 277 g/mol. The Hall–Kier alpha value is -2.40. The lowest BCUT2D eigenvalue weighted by molar-refractivity contribution is 0.438. The number of fused-ring (bicyclic) bond motifs is 1. The van der Waals surface area contributed by atoms with Crippen molar-refractivity contribution in [2.45, 2.75) is 6.04 Å². The van der Waals surface area contributed by atoms with Crippen LogP contribution in [0.3, 0.4) is 0 Å². The lowest BCUT2D eigenvalue weighted by atomic mass is 9.98. The van der Waals surface area contributed by atoms with Crippen molar-refractivity contribution in [1.29, 1.82) is 0 Å². The van der Waals surface area contributed by atoms with Gasteiger partial charge in [-0.2, -0.15) is 0 Å². The van der Waals surface area contributed by atoms with E-state index in [9.17, 15) is 13.2 Å². The smallest absolute Gasteiger partial charge is 0.194 e. The fourth-order valence-electron chi connectivity index (χ4n) is 2.32. The van der Waals surface area contributed by atoms with Crippen molar-refractivity contribution in [3.63, 3.8) is 0 Å². The highest BCUT2D eigenvalue weighted by Crippen LogP contribution is 2.28. The second-order valence-corrected chi connectivity index (χ2v) is 4.66. The molecule has 1 atom stereocenters. The van der Waals surface area contributed by atoms with Gasteiger partial charge in [0.1, 0.15) is 0 Å². The first-order valence-corrected chi connectivity index (χ1v) is 6.32. The molecule has 2 N–H and O–H groups in total. The highest BCUT2D eigenvalue weighted by molar-refractivity contribution is 5.85. The van der Waals surface area contributed by atoms with Gasteiger partial charge in [-0.25, -0.2) is 13.2 Å². The van der Waals surface area contributed by atoms with Crippen molar-refractivity contribution in [3.05, 3.63) is 77.4 Å². The van der Waals surface area contributed by atoms with E-state index >= 15 is 0 Å². The van der Waals surface area contributed by atoms with E-state index in [1.54, 1.807) is 18.3 Å². The van der Waals surface area contributed by atoms with Gasteiger partial charge >= 0.3 is 0 Å². The summed E-state index contributed by atoms with van der Waals surface area (Å²) in [7, 11) is 0. The highest BCUT2D eigenvalue weighted by Gasteiger charge is 2.21. The summed E-state index contributed by atoms with van der Waals surface area (Å²) in [5.41, 5.74) is 6.30. The minimum Gasteiger partial charge on any atom is -0.319 e. The number of hydrogen-bond donors (Lipinski definition) is 1. The van der Waals surface area contributed by atoms with Gasteiger partial charge in [-0.15, -0.1) is 0 Å². The summed E-state index contributed by atoms with van der Waals surface area (Å²) < 4.78 is 40.2. The van der Waals surface area contributed by atoms with Gasteiger partial charge in [0.25, 0.3) is 0 Å². The topological polar surface area (TPSA) is 38.9 Å². The molecular formula is C16H11F3N2. The molecule has 2 nitrogen and oxygen atoms in total. The van der Waals surface area contributed by atoms with Crippen molar-refractivity contribution in [3.8, 4) is 0 Å². The monoisotopic (exact) mass is 288 g/mol. The zero-order valence-electron chi connectivity index (χ0n) is 10.9. The Kier molecular flexibility index (Phi) is 3.35. The van der Waals surface area contributed by atoms with Crippen LogP contribution in [0.4, 0.5) is 13.2 Å². The SMILES string of the molecule is NC(c1ccc(F)c(F)c1F)c1nccc2ccccc12. The number of hydrogen-bond acceptors (Lipinski definition) is 2. The molecule has 0 aliphatic rings. The van der Waals surface area contributed by atoms with Crippen LogP contribution in [0.2, 0.25) is 0 Å². The van der Waals surface area contributed by atoms with Crippen molar-refractivity contribution in [2.24, 2.45) is 5.73 Å². The molecule has 1 heterocycles. The summed E-state index contributed by atoms with van der Waals surface area (Å²) in [5, 5.41) is 1.64. The van der Waals surface area contributed by atoms with E-state index in [-0.39, 0.29) is 5.56 Å². The number of benzene rings is 2. The highest BCUT2D eigenvalue weighted by atomic mass is 19.2. The Labute approximate surface area is 119 Å². The molecule has 106 valence electrons. The van der Waals surface area contributed by atoms with Gasteiger partial charge in [-0.1, -0.05) is 30.3 Å². The van der Waals surface area contributed by atoms with E-state index in [4.69, 9.17) is 5.73 Å². The van der Waals surface area contributed by atoms with Gasteiger partial charge in [-0.05, 0) is 17.5 Å². The van der Waals surface area contributed by atoms with Gasteiger partial charge in [0.05, 0.1) is 11.7 Å². The summed E-state index contributed by atoms with van der Waals surface area (Å²) >= 11 is 0. The van der Waals surface area contributed by atoms with Crippen molar-refractivity contribution in [2.75, 3.05) is 0 Å². The van der Waals surface area contributed by atoms with E-state index < -0.39 is 23.5 Å². The fraction of sp³-hybridized carbons (Fsp3) is 0.0625. The van der Waals surface area contributed by atoms with Gasteiger partial charge in [-0.3, -0.25) is 4.98 Å². The molecule has 0 saturated carbocycles. The summed E-state index contributed by atoms with van der Waals surface area (Å²) in [6, 6.07) is 10.2. The van der Waals surface area contributed by atoms with Gasteiger partial charge < -0.3 is 5.73 Å². The summed E-state index contributed by atoms with van der Waals surface area (Å²) in [5.74, 6) is -4.05. The maximum atomic E-state index is 13.9. The molecule has 0 bridgehead atoms. The molecule has 0 radical (unpaired) electrons. The van der Waals surface area contributed by atoms with Gasteiger partial charge in [0.15, 0.2) is 17.5 Å². The van der Waals surface area contributed by atoms with Crippen LogP contribution in [0.25, 0.3) is 10.8 Å². The van der Waals surface area contributed by atoms with E-state index in [1.807, 2.05) is 18.2 Å². The first kappa shape index (κ1) is 13.6. The maximum absolute atomic E-state index is 13.9. The van der Waals surface area contributed by atoms with Gasteiger partial charge in [0, 0.05) is 17.1 Å². The number of aromatic nitrogens is 1. The summed E-state index contributed by atoms with van der Waals surface area (Å²) in [6.45, 7) is 0. The van der Waals surface area contributed by atoms with Crippen LogP contribution >= 0.6 is 0 Å². The summed E-state index contributed by atoms with van der Waals surface area (Å²) in [4.78, 5) is 4.17. The normalized spacial score (nSPS) is 12.6. The molecule has 3 rings (SSSR count). The van der Waals surface area contributed by atoms with Crippen LogP contribution in [0.15, 0.2) is 48.7 Å². The number of nitrogens with two attached hydrogens (primary N) is 1. The molecule has 0 fully saturated rings. The van der Waals surface area contributed by atoms with Crippen molar-refractivity contribution in [1.82, 2.24) is 4.98 Å². The first-order chi connectivity index (χ1) is 10.1. The molecule has 0 spiro atoms. The molecule has 2 aromatic carbocycles. The van der Waals surface area contributed by atoms with Crippen LogP contribution in [0, 0.1) is 17.5 Å². The molecule has 0 aliphatic carbocycles. The second-order valence-electron chi connectivity index (χ2n) is 4.66. The predicted octanol–water partition coefficient (Wildman–Crippen LogP) is 3.70. The second kappa shape index (κ2) is 5.18. The molecule has 0 aliphatic heterocycles. The molecule has 0 amide bonds. The first-order valence-electron chi connectivity index (χ1n) is 6.32. The molecule has 0 saturated heterocycles. The molecule has 1 unspecified atom stereocenters. The lowest BCUT2D eigenvalue weighted by Crippen LogP contribution is -2.16. The number of pyridine rings is 1. The Morgan fingerprint density at radius 1 is 0.905 bits per heavy atom. The molecule has 3 aromatic rings. The van der Waals surface area contributed by atoms with Crippen LogP contribution < -0.4 is 5.73 Å². The zero-order chi connectivity index (χ0) is 15.0. The average Bonchev–Trinajstić information content (AvgIpc) is 2.51. The van der Waals surface area contributed by atoms with Crippen LogP contribution in [-0.4, -0.2) is 4.98 Å². The number of nitrogens with zero attached hydrogens (tertiary/aromatic N) is 1. The summed E-state index contributed by atoms with van der Waals surface area (Å²) in [6.07, 6.45) is 1.55. The lowest BCUT2D eigenvalue weighted by Gasteiger charge is -2.15. The molecule has 1 aromatic heterocycles. The average molecular weight is 288 g/mol. The van der Waals surface area contributed by atoms with E-state index in [0.717, 1.165) is 22.9 Å². The fourth-order valence-corrected chi connectivity index (χ4v) is 2.32. The third kappa shape index (κ3) is 2.25. The quantitative estimate of drug-likeness (QED) is 0.730. The predicted molar refractivity (Wildman–Crippen MR) is 74.1 cm³/mol. The standard InChI is InChI=1S/C16H11F3N2/c17-12-6-5-11(13(18)14(12)19)15(20)16-10-4-2-1-3-9(10)7-8-21-16/h1-8,15H,20H2. The van der Waals surface area contributed by atoms with Crippen LogP contribution in [-0.2, 0) is 0 Å². The Bertz CT molecular complexity index is 812. The van der Waals surface area contributed by atoms with Crippen molar-refractivity contribution < 1.29 is 13.2 Å². The largest absolute Gasteiger partial charge is 0.319 e. The van der Waals surface area contributed by atoms with E-state index in [0.29, 0.717) is 5.69 Å². The molecule has 5 heteroatoms. The van der Waals surface area contributed by atoms with E-state index in [1.165, 1.54) is 0 Å². The third-order valence-electron chi connectivity index (χ3n) is 3.40. The maximum Gasteiger partial charge on any atom is 0.194 e. The number of halogens is 3. The van der Waals surface area contributed by atoms with E-state index in [2.05, 4.69) is 4.98 Å². The third-order valence-corrected chi connectivity index (χ3v) is 3.40. The Balaban J connectivity index is 2.17. The van der Waals surface area contributed by atoms with Gasteiger partial charge in [0.2, 0.25) is 0 Å². The Morgan fingerprint density at radius 3 is 2.48 bits per heavy atom. The Morgan fingerprint density at radius 2 is 1.67 bits per heavy atom. The van der Waals surface area contributed by atoms with Crippen LogP contribution in [0.5, 0.6) is 0 Å². The van der Waals surface area contributed by atoms with Crippen LogP contribution in [0.1, 0.15) is 17.3 Å². The number of rotatable bonds is 2. The minimum atomic E-state index is -1.52. The minimum absolute atomic E-state index is 0.127. The zero-order valence-corrected chi connectivity index (χ0v) is 10.9.